The van der Waals surface area contributed by atoms with Gasteiger partial charge in [0, 0.05) is 22.4 Å². The maximum absolute atomic E-state index is 5.63. The van der Waals surface area contributed by atoms with Crippen LogP contribution in [0.4, 0.5) is 0 Å². The Morgan fingerprint density at radius 2 is 2.29 bits per heavy atom. The van der Waals surface area contributed by atoms with Crippen molar-refractivity contribution in [1.82, 2.24) is 9.55 Å². The first-order valence-corrected chi connectivity index (χ1v) is 6.06. The van der Waals surface area contributed by atoms with Crippen molar-refractivity contribution in [2.45, 2.75) is 13.1 Å². The molecule has 0 aliphatic heterocycles. The third-order valence-electron chi connectivity index (χ3n) is 2.57. The molecule has 4 nitrogen and oxygen atoms in total. The van der Waals surface area contributed by atoms with Crippen LogP contribution in [0.1, 0.15) is 11.4 Å². The summed E-state index contributed by atoms with van der Waals surface area (Å²) in [6.07, 6.45) is 3.68. The lowest BCUT2D eigenvalue weighted by atomic mass is 10.2. The van der Waals surface area contributed by atoms with Gasteiger partial charge in [-0.05, 0) is 18.2 Å². The number of hydrogen-bond donors (Lipinski definition) is 1. The summed E-state index contributed by atoms with van der Waals surface area (Å²) in [6.45, 7) is 1.14. The molecule has 1 aromatic carbocycles. The number of hydrogen-bond acceptors (Lipinski definition) is 3. The summed E-state index contributed by atoms with van der Waals surface area (Å²) in [5, 5.41) is 0. The molecular formula is C12H14BrN3O. The van der Waals surface area contributed by atoms with Crippen LogP contribution in [-0.2, 0) is 13.1 Å². The largest absolute Gasteiger partial charge is 0.496 e. The molecule has 1 aromatic heterocycles. The van der Waals surface area contributed by atoms with Gasteiger partial charge in [0.25, 0.3) is 0 Å². The first-order valence-electron chi connectivity index (χ1n) is 5.27. The molecule has 2 N–H and O–H groups in total. The molecule has 0 aliphatic rings. The van der Waals surface area contributed by atoms with Crippen molar-refractivity contribution in [3.05, 3.63) is 46.5 Å². The highest BCUT2D eigenvalue weighted by molar-refractivity contribution is 9.10. The first-order chi connectivity index (χ1) is 8.24. The van der Waals surface area contributed by atoms with Crippen LogP contribution >= 0.6 is 15.9 Å². The molecular weight excluding hydrogens is 282 g/mol. The second kappa shape index (κ2) is 5.33. The maximum Gasteiger partial charge on any atom is 0.123 e. The monoisotopic (exact) mass is 295 g/mol. The van der Waals surface area contributed by atoms with Crippen LogP contribution in [-0.4, -0.2) is 16.7 Å². The van der Waals surface area contributed by atoms with Crippen LogP contribution in [0.3, 0.4) is 0 Å². The topological polar surface area (TPSA) is 53.1 Å². The number of nitrogens with two attached hydrogens (primary N) is 1. The molecule has 0 atom stereocenters. The van der Waals surface area contributed by atoms with Gasteiger partial charge in [0.2, 0.25) is 0 Å². The highest BCUT2D eigenvalue weighted by atomic mass is 79.9. The fraction of sp³-hybridized carbons (Fsp3) is 0.250. The summed E-state index contributed by atoms with van der Waals surface area (Å²) in [4.78, 5) is 4.19. The Morgan fingerprint density at radius 1 is 1.47 bits per heavy atom. The van der Waals surface area contributed by atoms with Gasteiger partial charge in [0.05, 0.1) is 20.2 Å². The number of rotatable bonds is 4. The Morgan fingerprint density at radius 3 is 3.00 bits per heavy atom. The summed E-state index contributed by atoms with van der Waals surface area (Å²) in [7, 11) is 1.67. The van der Waals surface area contributed by atoms with Gasteiger partial charge in [-0.1, -0.05) is 15.9 Å². The van der Waals surface area contributed by atoms with Crippen molar-refractivity contribution in [1.29, 1.82) is 0 Å². The first kappa shape index (κ1) is 12.1. The standard InChI is InChI=1S/C12H14BrN3O/c1-17-11-3-2-10(13)6-9(11)8-16-5-4-15-12(16)7-14/h2-6H,7-8,14H2,1H3. The Balaban J connectivity index is 2.32. The van der Waals surface area contributed by atoms with Gasteiger partial charge in [0.1, 0.15) is 11.6 Å². The third-order valence-corrected chi connectivity index (χ3v) is 3.06. The van der Waals surface area contributed by atoms with Crippen LogP contribution in [0.15, 0.2) is 35.1 Å². The fourth-order valence-corrected chi connectivity index (χ4v) is 2.14. The van der Waals surface area contributed by atoms with Crippen molar-refractivity contribution in [2.75, 3.05) is 7.11 Å². The van der Waals surface area contributed by atoms with E-state index in [0.29, 0.717) is 13.1 Å². The fourth-order valence-electron chi connectivity index (χ4n) is 1.73. The van der Waals surface area contributed by atoms with E-state index in [-0.39, 0.29) is 0 Å². The molecule has 0 saturated carbocycles. The molecule has 0 fully saturated rings. The molecule has 0 radical (unpaired) electrons. The second-order valence-corrected chi connectivity index (χ2v) is 4.55. The average Bonchev–Trinajstić information content (AvgIpc) is 2.77. The van der Waals surface area contributed by atoms with E-state index >= 15 is 0 Å². The summed E-state index contributed by atoms with van der Waals surface area (Å²) >= 11 is 3.46. The normalized spacial score (nSPS) is 10.5. The van der Waals surface area contributed by atoms with E-state index in [9.17, 15) is 0 Å². The molecule has 90 valence electrons. The number of methoxy groups -OCH3 is 1. The smallest absolute Gasteiger partial charge is 0.123 e. The molecule has 0 spiro atoms. The van der Waals surface area contributed by atoms with Crippen LogP contribution in [0.25, 0.3) is 0 Å². The Labute approximate surface area is 109 Å². The van der Waals surface area contributed by atoms with Crippen molar-refractivity contribution >= 4 is 15.9 Å². The third kappa shape index (κ3) is 2.68. The van der Waals surface area contributed by atoms with E-state index in [0.717, 1.165) is 21.6 Å². The van der Waals surface area contributed by atoms with E-state index in [4.69, 9.17) is 10.5 Å². The summed E-state index contributed by atoms with van der Waals surface area (Å²) < 4.78 is 8.39. The molecule has 2 aromatic rings. The van der Waals surface area contributed by atoms with Gasteiger partial charge < -0.3 is 15.0 Å². The second-order valence-electron chi connectivity index (χ2n) is 3.63. The van der Waals surface area contributed by atoms with E-state index in [1.807, 2.05) is 29.0 Å². The van der Waals surface area contributed by atoms with Gasteiger partial charge in [-0.25, -0.2) is 4.98 Å². The molecule has 0 aliphatic carbocycles. The molecule has 1 heterocycles. The Kier molecular flexibility index (Phi) is 3.81. The van der Waals surface area contributed by atoms with E-state index in [1.165, 1.54) is 0 Å². The van der Waals surface area contributed by atoms with Gasteiger partial charge in [0.15, 0.2) is 0 Å². The zero-order valence-corrected chi connectivity index (χ0v) is 11.1. The van der Waals surface area contributed by atoms with Gasteiger partial charge in [-0.2, -0.15) is 0 Å². The average molecular weight is 296 g/mol. The van der Waals surface area contributed by atoms with E-state index < -0.39 is 0 Å². The molecule has 0 bridgehead atoms. The molecule has 2 rings (SSSR count). The lowest BCUT2D eigenvalue weighted by Crippen LogP contribution is -2.09. The Bertz CT molecular complexity index is 510. The number of nitrogens with zero attached hydrogens (tertiary/aromatic N) is 2. The molecule has 0 unspecified atom stereocenters. The highest BCUT2D eigenvalue weighted by Gasteiger charge is 2.07. The summed E-state index contributed by atoms with van der Waals surface area (Å²) in [5.74, 6) is 1.73. The van der Waals surface area contributed by atoms with Gasteiger partial charge >= 0.3 is 0 Å². The predicted molar refractivity (Wildman–Crippen MR) is 69.9 cm³/mol. The molecule has 5 heteroatoms. The van der Waals surface area contributed by atoms with Crippen LogP contribution in [0.5, 0.6) is 5.75 Å². The van der Waals surface area contributed by atoms with Crippen LogP contribution in [0.2, 0.25) is 0 Å². The van der Waals surface area contributed by atoms with Crippen LogP contribution < -0.4 is 10.5 Å². The SMILES string of the molecule is COc1ccc(Br)cc1Cn1ccnc1CN. The van der Waals surface area contributed by atoms with E-state index in [2.05, 4.69) is 20.9 Å². The summed E-state index contributed by atoms with van der Waals surface area (Å²) in [6, 6.07) is 5.94. The quantitative estimate of drug-likeness (QED) is 0.940. The number of benzene rings is 1. The van der Waals surface area contributed by atoms with Gasteiger partial charge in [-0.15, -0.1) is 0 Å². The number of aromatic nitrogens is 2. The molecule has 0 amide bonds. The maximum atomic E-state index is 5.63. The predicted octanol–water partition coefficient (Wildman–Crippen LogP) is 2.16. The lowest BCUT2D eigenvalue weighted by Gasteiger charge is -2.11. The lowest BCUT2D eigenvalue weighted by molar-refractivity contribution is 0.408. The van der Waals surface area contributed by atoms with Crippen LogP contribution in [0, 0.1) is 0 Å². The molecule has 0 saturated heterocycles. The van der Waals surface area contributed by atoms with Crippen molar-refractivity contribution in [3.63, 3.8) is 0 Å². The van der Waals surface area contributed by atoms with Crippen molar-refractivity contribution in [3.8, 4) is 5.75 Å². The van der Waals surface area contributed by atoms with Gasteiger partial charge in [-0.3, -0.25) is 0 Å². The van der Waals surface area contributed by atoms with Crippen molar-refractivity contribution < 1.29 is 4.74 Å². The highest BCUT2D eigenvalue weighted by Crippen LogP contribution is 2.24. The van der Waals surface area contributed by atoms with E-state index in [1.54, 1.807) is 13.3 Å². The summed E-state index contributed by atoms with van der Waals surface area (Å²) in [5.41, 5.74) is 6.72. The minimum absolute atomic E-state index is 0.434. The number of halogens is 1. The minimum Gasteiger partial charge on any atom is -0.496 e. The number of ether oxygens (including phenoxy) is 1. The van der Waals surface area contributed by atoms with Crippen molar-refractivity contribution in [2.24, 2.45) is 5.73 Å². The zero-order valence-electron chi connectivity index (χ0n) is 9.56. The minimum atomic E-state index is 0.434. The Hall–Kier alpha value is -1.33. The zero-order chi connectivity index (χ0) is 12.3. The number of imidazole rings is 1. The molecule has 17 heavy (non-hydrogen) atoms.